The predicted octanol–water partition coefficient (Wildman–Crippen LogP) is 2.30. The van der Waals surface area contributed by atoms with Crippen molar-refractivity contribution in [3.05, 3.63) is 51.7 Å². The van der Waals surface area contributed by atoms with E-state index < -0.39 is 0 Å². The summed E-state index contributed by atoms with van der Waals surface area (Å²) >= 11 is 1.50. The van der Waals surface area contributed by atoms with E-state index in [0.29, 0.717) is 10.9 Å². The number of fused-ring (bicyclic) bond motifs is 1. The maximum atomic E-state index is 11.5. The number of hydrogen-bond donors (Lipinski definition) is 2. The number of hydrazine groups is 1. The summed E-state index contributed by atoms with van der Waals surface area (Å²) in [5.41, 5.74) is 4.87. The number of amides is 1. The third-order valence-corrected chi connectivity index (χ3v) is 4.76. The van der Waals surface area contributed by atoms with Crippen LogP contribution in [0.5, 0.6) is 0 Å². The second kappa shape index (κ2) is 5.26. The Bertz CT molecular complexity index is 638. The summed E-state index contributed by atoms with van der Waals surface area (Å²) in [5.74, 6) is 4.93. The summed E-state index contributed by atoms with van der Waals surface area (Å²) in [5, 5.41) is 0. The van der Waals surface area contributed by atoms with Crippen LogP contribution in [0.25, 0.3) is 0 Å². The molecule has 1 aliphatic rings. The zero-order chi connectivity index (χ0) is 14.1. The molecule has 3 N–H and O–H groups in total. The Balaban J connectivity index is 1.81. The van der Waals surface area contributed by atoms with Gasteiger partial charge in [-0.05, 0) is 37.1 Å². The lowest BCUT2D eigenvalue weighted by molar-refractivity contribution is 0.0957. The van der Waals surface area contributed by atoms with E-state index in [9.17, 15) is 4.79 Å². The number of carbonyl (C=O) groups is 1. The number of carbonyl (C=O) groups excluding carboxylic acids is 1. The van der Waals surface area contributed by atoms with Gasteiger partial charge in [-0.25, -0.2) is 5.84 Å². The molecule has 0 spiro atoms. The van der Waals surface area contributed by atoms with Crippen molar-refractivity contribution >= 4 is 22.9 Å². The molecule has 4 nitrogen and oxygen atoms in total. The van der Waals surface area contributed by atoms with Crippen molar-refractivity contribution in [3.63, 3.8) is 0 Å². The second-order valence-corrected chi connectivity index (χ2v) is 6.22. The summed E-state index contributed by atoms with van der Waals surface area (Å²) in [6, 6.07) is 12.8. The lowest BCUT2D eigenvalue weighted by atomic mass is 10.1. The first-order valence-corrected chi connectivity index (χ1v) is 7.45. The molecule has 1 aliphatic heterocycles. The maximum absolute atomic E-state index is 11.5. The van der Waals surface area contributed by atoms with Crippen molar-refractivity contribution in [2.45, 2.75) is 25.9 Å². The number of nitrogen functional groups attached to an aromatic ring is 1. The molecule has 1 amide bonds. The number of rotatable bonds is 3. The van der Waals surface area contributed by atoms with Crippen LogP contribution in [0.3, 0.4) is 0 Å². The maximum Gasteiger partial charge on any atom is 0.275 e. The highest BCUT2D eigenvalue weighted by molar-refractivity contribution is 7.14. The highest BCUT2D eigenvalue weighted by Crippen LogP contribution is 2.34. The normalized spacial score (nSPS) is 17.1. The number of hydrogen-bond acceptors (Lipinski definition) is 4. The van der Waals surface area contributed by atoms with E-state index in [-0.39, 0.29) is 5.91 Å². The Hall–Kier alpha value is -1.85. The van der Waals surface area contributed by atoms with Gasteiger partial charge in [0.05, 0.1) is 11.4 Å². The number of nitrogens with zero attached hydrogens (tertiary/aromatic N) is 1. The molecule has 0 bridgehead atoms. The average molecular weight is 287 g/mol. The third kappa shape index (κ3) is 2.30. The number of nitrogens with two attached hydrogens (primary N) is 1. The van der Waals surface area contributed by atoms with E-state index in [1.54, 1.807) is 0 Å². The molecule has 1 atom stereocenters. The van der Waals surface area contributed by atoms with Crippen LogP contribution in [0.15, 0.2) is 36.4 Å². The average Bonchev–Trinajstić information content (AvgIpc) is 3.04. The number of anilines is 1. The standard InChI is InChI=1S/C15H17N3OS/c1-10-8-11-4-2-3-5-13(11)18(10)9-12-6-7-14(20-12)15(19)17-16/h2-7,10H,8-9,16H2,1H3,(H,17,19). The molecule has 3 rings (SSSR count). The number of benzene rings is 1. The minimum atomic E-state index is -0.226. The van der Waals surface area contributed by atoms with E-state index in [4.69, 9.17) is 5.84 Å². The van der Waals surface area contributed by atoms with Gasteiger partial charge in [0.15, 0.2) is 0 Å². The molecule has 5 heteroatoms. The van der Waals surface area contributed by atoms with Gasteiger partial charge in [0.25, 0.3) is 5.91 Å². The van der Waals surface area contributed by atoms with Gasteiger partial charge in [-0.15, -0.1) is 11.3 Å². The minimum absolute atomic E-state index is 0.226. The predicted molar refractivity (Wildman–Crippen MR) is 81.8 cm³/mol. The Morgan fingerprint density at radius 2 is 2.20 bits per heavy atom. The van der Waals surface area contributed by atoms with Gasteiger partial charge in [0.1, 0.15) is 0 Å². The Morgan fingerprint density at radius 3 is 3.00 bits per heavy atom. The molecule has 104 valence electrons. The van der Waals surface area contributed by atoms with Crippen LogP contribution in [0.4, 0.5) is 5.69 Å². The summed E-state index contributed by atoms with van der Waals surface area (Å²) in [6.07, 6.45) is 1.08. The molecule has 20 heavy (non-hydrogen) atoms. The highest BCUT2D eigenvalue weighted by atomic mass is 32.1. The number of thiophene rings is 1. The molecule has 2 aromatic rings. The first-order chi connectivity index (χ1) is 9.69. The van der Waals surface area contributed by atoms with Gasteiger partial charge in [-0.1, -0.05) is 18.2 Å². The van der Waals surface area contributed by atoms with E-state index >= 15 is 0 Å². The zero-order valence-corrected chi connectivity index (χ0v) is 12.1. The lowest BCUT2D eigenvalue weighted by Gasteiger charge is -2.24. The first-order valence-electron chi connectivity index (χ1n) is 6.63. The van der Waals surface area contributed by atoms with Crippen LogP contribution in [0, 0.1) is 0 Å². The third-order valence-electron chi connectivity index (χ3n) is 3.69. The Labute approximate surface area is 122 Å². The summed E-state index contributed by atoms with van der Waals surface area (Å²) in [7, 11) is 0. The fourth-order valence-corrected chi connectivity index (χ4v) is 3.60. The molecule has 0 saturated heterocycles. The van der Waals surface area contributed by atoms with Crippen LogP contribution in [-0.2, 0) is 13.0 Å². The van der Waals surface area contributed by atoms with Crippen LogP contribution >= 0.6 is 11.3 Å². The summed E-state index contributed by atoms with van der Waals surface area (Å²) in [6.45, 7) is 3.07. The second-order valence-electron chi connectivity index (χ2n) is 5.05. The monoisotopic (exact) mass is 287 g/mol. The fraction of sp³-hybridized carbons (Fsp3) is 0.267. The van der Waals surface area contributed by atoms with Crippen molar-refractivity contribution in [2.75, 3.05) is 4.90 Å². The van der Waals surface area contributed by atoms with Crippen LogP contribution in [-0.4, -0.2) is 11.9 Å². The number of para-hydroxylation sites is 1. The molecular weight excluding hydrogens is 270 g/mol. The molecular formula is C15H17N3OS. The summed E-state index contributed by atoms with van der Waals surface area (Å²) in [4.78, 5) is 15.7. The van der Waals surface area contributed by atoms with Crippen molar-refractivity contribution < 1.29 is 4.79 Å². The quantitative estimate of drug-likeness (QED) is 0.517. The summed E-state index contributed by atoms with van der Waals surface area (Å²) < 4.78 is 0. The van der Waals surface area contributed by atoms with Crippen molar-refractivity contribution in [3.8, 4) is 0 Å². The van der Waals surface area contributed by atoms with Crippen molar-refractivity contribution in [2.24, 2.45) is 5.84 Å². The van der Waals surface area contributed by atoms with Gasteiger partial charge in [-0.3, -0.25) is 10.2 Å². The van der Waals surface area contributed by atoms with Gasteiger partial charge in [0.2, 0.25) is 0 Å². The fourth-order valence-electron chi connectivity index (χ4n) is 2.69. The zero-order valence-electron chi connectivity index (χ0n) is 11.3. The first kappa shape index (κ1) is 13.1. The van der Waals surface area contributed by atoms with E-state index in [2.05, 4.69) is 41.5 Å². The highest BCUT2D eigenvalue weighted by Gasteiger charge is 2.25. The van der Waals surface area contributed by atoms with Gasteiger partial charge in [-0.2, -0.15) is 0 Å². The minimum Gasteiger partial charge on any atom is -0.363 e. The molecule has 2 heterocycles. The molecule has 1 unspecified atom stereocenters. The SMILES string of the molecule is CC1Cc2ccccc2N1Cc1ccc(C(=O)NN)s1. The molecule has 1 aromatic carbocycles. The Kier molecular flexibility index (Phi) is 3.46. The Morgan fingerprint density at radius 1 is 1.40 bits per heavy atom. The molecule has 0 fully saturated rings. The smallest absolute Gasteiger partial charge is 0.275 e. The van der Waals surface area contributed by atoms with E-state index in [0.717, 1.165) is 13.0 Å². The molecule has 1 aromatic heterocycles. The number of nitrogens with one attached hydrogen (secondary N) is 1. The van der Waals surface area contributed by atoms with Gasteiger partial charge in [0, 0.05) is 16.6 Å². The van der Waals surface area contributed by atoms with Gasteiger partial charge < -0.3 is 4.90 Å². The van der Waals surface area contributed by atoms with Crippen molar-refractivity contribution in [1.29, 1.82) is 0 Å². The largest absolute Gasteiger partial charge is 0.363 e. The van der Waals surface area contributed by atoms with Crippen molar-refractivity contribution in [1.82, 2.24) is 5.43 Å². The van der Waals surface area contributed by atoms with Crippen LogP contribution in [0.2, 0.25) is 0 Å². The molecule has 0 saturated carbocycles. The van der Waals surface area contributed by atoms with Crippen LogP contribution in [0.1, 0.15) is 27.0 Å². The van der Waals surface area contributed by atoms with Gasteiger partial charge >= 0.3 is 0 Å². The van der Waals surface area contributed by atoms with E-state index in [1.165, 1.54) is 27.5 Å². The van der Waals surface area contributed by atoms with E-state index in [1.807, 2.05) is 12.1 Å². The topological polar surface area (TPSA) is 58.4 Å². The molecule has 0 aliphatic carbocycles. The molecule has 0 radical (unpaired) electrons. The van der Waals surface area contributed by atoms with Crippen LogP contribution < -0.4 is 16.2 Å². The lowest BCUT2D eigenvalue weighted by Crippen LogP contribution is -2.29.